The molecule has 0 unspecified atom stereocenters. The molecule has 204 valence electrons. The molecule has 2 amide bonds. The maximum Gasteiger partial charge on any atom is 0.433 e. The SMILES string of the molecule is Cc1cc(C(F)(F)F)n2nc(C(=O)N3CCC4(CCCCn5cc(nn5)COCCNC4=O)CC3)cc2n1. The van der Waals surface area contributed by atoms with E-state index in [0.717, 1.165) is 24.6 Å². The monoisotopic (exact) mass is 534 g/mol. The maximum atomic E-state index is 13.5. The number of aryl methyl sites for hydroxylation is 2. The minimum absolute atomic E-state index is 0.0405. The van der Waals surface area contributed by atoms with Crippen molar-refractivity contribution in [3.63, 3.8) is 0 Å². The number of fused-ring (bicyclic) bond motifs is 3. The Labute approximate surface area is 216 Å². The van der Waals surface area contributed by atoms with Crippen LogP contribution in [0.3, 0.4) is 0 Å². The van der Waals surface area contributed by atoms with Crippen LogP contribution in [0.4, 0.5) is 13.2 Å². The van der Waals surface area contributed by atoms with E-state index in [2.05, 4.69) is 25.7 Å². The highest BCUT2D eigenvalue weighted by atomic mass is 19.4. The van der Waals surface area contributed by atoms with Gasteiger partial charge in [-0.3, -0.25) is 14.3 Å². The number of likely N-dealkylation sites (tertiary alicyclic amines) is 1. The number of nitrogens with one attached hydrogen (secondary N) is 1. The molecule has 3 aromatic rings. The van der Waals surface area contributed by atoms with Crippen molar-refractivity contribution in [3.05, 3.63) is 41.1 Å². The normalized spacial score (nSPS) is 19.4. The van der Waals surface area contributed by atoms with Crippen molar-refractivity contribution in [1.82, 2.24) is 39.8 Å². The third kappa shape index (κ3) is 5.35. The molecule has 2 aliphatic rings. The molecule has 3 aromatic heterocycles. The molecule has 38 heavy (non-hydrogen) atoms. The number of rotatable bonds is 1. The number of aromatic nitrogens is 6. The largest absolute Gasteiger partial charge is 0.433 e. The van der Waals surface area contributed by atoms with Crippen LogP contribution in [-0.2, 0) is 28.9 Å². The minimum atomic E-state index is -4.64. The number of ether oxygens (including phenoxy) is 1. The van der Waals surface area contributed by atoms with E-state index in [1.807, 2.05) is 6.20 Å². The first kappa shape index (κ1) is 26.1. The number of piperidine rings is 1. The van der Waals surface area contributed by atoms with E-state index < -0.39 is 23.2 Å². The topological polar surface area (TPSA) is 120 Å². The highest BCUT2D eigenvalue weighted by molar-refractivity contribution is 5.93. The molecule has 11 nitrogen and oxygen atoms in total. The second kappa shape index (κ2) is 10.3. The van der Waals surface area contributed by atoms with Gasteiger partial charge in [-0.25, -0.2) is 9.50 Å². The maximum absolute atomic E-state index is 13.5. The average Bonchev–Trinajstić information content (AvgIpc) is 3.51. The molecular formula is C24H29F3N8O3. The molecule has 2 aliphatic heterocycles. The van der Waals surface area contributed by atoms with E-state index in [1.54, 1.807) is 9.58 Å². The summed E-state index contributed by atoms with van der Waals surface area (Å²) in [4.78, 5) is 32.1. The summed E-state index contributed by atoms with van der Waals surface area (Å²) in [6.45, 7) is 3.73. The van der Waals surface area contributed by atoms with Crippen molar-refractivity contribution >= 4 is 17.5 Å². The molecule has 1 fully saturated rings. The zero-order chi connectivity index (χ0) is 26.9. The fourth-order valence-electron chi connectivity index (χ4n) is 5.15. The Morgan fingerprint density at radius 2 is 1.92 bits per heavy atom. The Kier molecular flexibility index (Phi) is 7.07. The molecule has 0 radical (unpaired) electrons. The van der Waals surface area contributed by atoms with Crippen LogP contribution in [0.25, 0.3) is 5.65 Å². The molecule has 5 heterocycles. The Morgan fingerprint density at radius 3 is 2.68 bits per heavy atom. The van der Waals surface area contributed by atoms with Gasteiger partial charge in [-0.15, -0.1) is 5.10 Å². The molecule has 0 saturated carbocycles. The van der Waals surface area contributed by atoms with Gasteiger partial charge < -0.3 is 15.0 Å². The standard InChI is InChI=1S/C24H29F3N8O3/c1-16-12-19(24(25,26)27)35-20(29-16)13-18(31-35)21(36)33-9-5-23(6-10-33)4-2-3-8-34-14-17(30-32-34)15-38-11-7-28-22(23)37/h12-14H,2-11,15H2,1H3,(H,28,37). The Hall–Kier alpha value is -3.55. The second-order valence-corrected chi connectivity index (χ2v) is 9.89. The first-order valence-electron chi connectivity index (χ1n) is 12.6. The molecule has 1 N–H and O–H groups in total. The summed E-state index contributed by atoms with van der Waals surface area (Å²) in [5, 5.41) is 15.1. The predicted molar refractivity (Wildman–Crippen MR) is 127 cm³/mol. The third-order valence-electron chi connectivity index (χ3n) is 7.21. The van der Waals surface area contributed by atoms with Crippen LogP contribution in [0, 0.1) is 12.3 Å². The smallest absolute Gasteiger partial charge is 0.373 e. The molecule has 0 aromatic carbocycles. The van der Waals surface area contributed by atoms with E-state index in [1.165, 1.54) is 13.0 Å². The number of carbonyl (C=O) groups is 2. The summed E-state index contributed by atoms with van der Waals surface area (Å²) in [5.41, 5.74) is -0.855. The lowest BCUT2D eigenvalue weighted by Gasteiger charge is -2.40. The first-order chi connectivity index (χ1) is 18.1. The van der Waals surface area contributed by atoms with E-state index >= 15 is 0 Å². The van der Waals surface area contributed by atoms with Crippen molar-refractivity contribution in [2.45, 2.75) is 58.4 Å². The molecule has 0 aliphatic carbocycles. The summed E-state index contributed by atoms with van der Waals surface area (Å²) in [5.74, 6) is -0.544. The van der Waals surface area contributed by atoms with Gasteiger partial charge in [0.2, 0.25) is 5.91 Å². The minimum Gasteiger partial charge on any atom is -0.373 e. The van der Waals surface area contributed by atoms with Crippen LogP contribution in [0.5, 0.6) is 0 Å². The summed E-state index contributed by atoms with van der Waals surface area (Å²) < 4.78 is 48.5. The van der Waals surface area contributed by atoms with Crippen LogP contribution >= 0.6 is 0 Å². The van der Waals surface area contributed by atoms with Gasteiger partial charge in [0.1, 0.15) is 11.4 Å². The summed E-state index contributed by atoms with van der Waals surface area (Å²) in [6, 6.07) is 2.18. The van der Waals surface area contributed by atoms with Crippen molar-refractivity contribution < 1.29 is 27.5 Å². The van der Waals surface area contributed by atoms with Gasteiger partial charge in [0.05, 0.1) is 24.8 Å². The van der Waals surface area contributed by atoms with Crippen molar-refractivity contribution in [3.8, 4) is 0 Å². The van der Waals surface area contributed by atoms with Gasteiger partial charge in [-0.05, 0) is 38.7 Å². The number of halogens is 3. The lowest BCUT2D eigenvalue weighted by molar-refractivity contribution is -0.142. The Balaban J connectivity index is 1.29. The van der Waals surface area contributed by atoms with E-state index in [9.17, 15) is 22.8 Å². The third-order valence-corrected chi connectivity index (χ3v) is 7.21. The van der Waals surface area contributed by atoms with Crippen LogP contribution in [-0.4, -0.2) is 72.5 Å². The van der Waals surface area contributed by atoms with Crippen molar-refractivity contribution in [1.29, 1.82) is 0 Å². The van der Waals surface area contributed by atoms with Crippen LogP contribution in [0.15, 0.2) is 18.3 Å². The van der Waals surface area contributed by atoms with Gasteiger partial charge in [0, 0.05) is 37.9 Å². The zero-order valence-electron chi connectivity index (χ0n) is 21.0. The van der Waals surface area contributed by atoms with Gasteiger partial charge in [-0.1, -0.05) is 11.6 Å². The number of hydrogen-bond acceptors (Lipinski definition) is 7. The quantitative estimate of drug-likeness (QED) is 0.509. The first-order valence-corrected chi connectivity index (χ1v) is 12.6. The Morgan fingerprint density at radius 1 is 1.13 bits per heavy atom. The summed E-state index contributed by atoms with van der Waals surface area (Å²) in [6.07, 6.45) is 0.361. The van der Waals surface area contributed by atoms with Gasteiger partial charge >= 0.3 is 6.18 Å². The number of carbonyl (C=O) groups excluding carboxylic acids is 2. The fraction of sp³-hybridized carbons (Fsp3) is 0.583. The fourth-order valence-corrected chi connectivity index (χ4v) is 5.15. The number of hydrogen-bond donors (Lipinski definition) is 1. The lowest BCUT2D eigenvalue weighted by Crippen LogP contribution is -2.50. The molecule has 14 heteroatoms. The molecule has 2 bridgehead atoms. The van der Waals surface area contributed by atoms with Crippen LogP contribution in [0.1, 0.15) is 59.7 Å². The van der Waals surface area contributed by atoms with E-state index in [0.29, 0.717) is 63.2 Å². The van der Waals surface area contributed by atoms with Gasteiger partial charge in [-0.2, -0.15) is 18.3 Å². The average molecular weight is 535 g/mol. The highest BCUT2D eigenvalue weighted by Crippen LogP contribution is 2.38. The molecule has 1 saturated heterocycles. The van der Waals surface area contributed by atoms with E-state index in [-0.39, 0.29) is 22.9 Å². The molecular weight excluding hydrogens is 505 g/mol. The second-order valence-electron chi connectivity index (χ2n) is 9.89. The summed E-state index contributed by atoms with van der Waals surface area (Å²) >= 11 is 0. The molecule has 1 spiro atoms. The van der Waals surface area contributed by atoms with Crippen LogP contribution < -0.4 is 5.32 Å². The predicted octanol–water partition coefficient (Wildman–Crippen LogP) is 2.39. The number of alkyl halides is 3. The van der Waals surface area contributed by atoms with Gasteiger partial charge in [0.15, 0.2) is 11.3 Å². The number of nitrogens with zero attached hydrogens (tertiary/aromatic N) is 7. The molecule has 5 rings (SSSR count). The highest BCUT2D eigenvalue weighted by Gasteiger charge is 2.42. The van der Waals surface area contributed by atoms with Crippen molar-refractivity contribution in [2.24, 2.45) is 5.41 Å². The molecule has 0 atom stereocenters. The van der Waals surface area contributed by atoms with Gasteiger partial charge in [0.25, 0.3) is 5.91 Å². The lowest BCUT2D eigenvalue weighted by atomic mass is 9.73. The summed E-state index contributed by atoms with van der Waals surface area (Å²) in [7, 11) is 0. The zero-order valence-corrected chi connectivity index (χ0v) is 21.0. The van der Waals surface area contributed by atoms with Crippen LogP contribution in [0.2, 0.25) is 0 Å². The Bertz CT molecular complexity index is 1330. The van der Waals surface area contributed by atoms with Crippen molar-refractivity contribution in [2.75, 3.05) is 26.2 Å². The van der Waals surface area contributed by atoms with E-state index in [4.69, 9.17) is 4.74 Å². The number of amides is 2.